The number of nitrogens with zero attached hydrogens (tertiary/aromatic N) is 5. The molecule has 2 aromatic heterocycles. The minimum Gasteiger partial charge on any atom is -0.342 e. The average molecular weight is 447 g/mol. The standard InChI is InChI=1S/C18H13BrF2N6O/c1-10(26-18(28)13-4-12(16(20)21)5-14(19)6-13)17-24-9-25-27(17)15-3-2-11(7-22)8-23-15/h2-6,8-10,16H,1H3,(H,26,28)/t10-/m0/s1. The van der Waals surface area contributed by atoms with Gasteiger partial charge < -0.3 is 5.32 Å². The lowest BCUT2D eigenvalue weighted by Gasteiger charge is -2.15. The van der Waals surface area contributed by atoms with Gasteiger partial charge in [0.2, 0.25) is 0 Å². The summed E-state index contributed by atoms with van der Waals surface area (Å²) in [5.74, 6) is 0.294. The number of hydrogen-bond donors (Lipinski definition) is 1. The van der Waals surface area contributed by atoms with Crippen molar-refractivity contribution in [3.05, 3.63) is 69.8 Å². The summed E-state index contributed by atoms with van der Waals surface area (Å²) < 4.78 is 27.8. The zero-order chi connectivity index (χ0) is 20.3. The molecule has 0 aliphatic carbocycles. The number of aromatic nitrogens is 4. The number of amides is 1. The first-order chi connectivity index (χ1) is 13.4. The maximum absolute atomic E-state index is 13.0. The number of nitriles is 1. The number of hydrogen-bond acceptors (Lipinski definition) is 5. The molecule has 0 unspecified atom stereocenters. The molecule has 142 valence electrons. The van der Waals surface area contributed by atoms with Crippen LogP contribution in [0.2, 0.25) is 0 Å². The van der Waals surface area contributed by atoms with Crippen LogP contribution in [0, 0.1) is 11.3 Å². The number of carbonyl (C=O) groups excluding carboxylic acids is 1. The van der Waals surface area contributed by atoms with Gasteiger partial charge in [-0.05, 0) is 37.3 Å². The monoisotopic (exact) mass is 446 g/mol. The van der Waals surface area contributed by atoms with Gasteiger partial charge in [-0.25, -0.2) is 18.7 Å². The van der Waals surface area contributed by atoms with Crippen LogP contribution < -0.4 is 5.32 Å². The second-order valence-corrected chi connectivity index (χ2v) is 6.73. The molecule has 7 nitrogen and oxygen atoms in total. The van der Waals surface area contributed by atoms with E-state index < -0.39 is 18.4 Å². The fourth-order valence-corrected chi connectivity index (χ4v) is 3.02. The third-order valence-electron chi connectivity index (χ3n) is 3.84. The van der Waals surface area contributed by atoms with E-state index in [2.05, 4.69) is 36.3 Å². The summed E-state index contributed by atoms with van der Waals surface area (Å²) in [7, 11) is 0. The highest BCUT2D eigenvalue weighted by Gasteiger charge is 2.20. The number of nitrogens with one attached hydrogen (secondary N) is 1. The van der Waals surface area contributed by atoms with E-state index >= 15 is 0 Å². The lowest BCUT2D eigenvalue weighted by Crippen LogP contribution is -2.29. The topological polar surface area (TPSA) is 96.5 Å². The Hall–Kier alpha value is -3.19. The minimum absolute atomic E-state index is 0.0964. The Labute approximate surface area is 167 Å². The van der Waals surface area contributed by atoms with Gasteiger partial charge in [-0.1, -0.05) is 15.9 Å². The molecule has 1 N–H and O–H groups in total. The Morgan fingerprint density at radius 1 is 1.29 bits per heavy atom. The Morgan fingerprint density at radius 3 is 2.71 bits per heavy atom. The molecule has 2 heterocycles. The Kier molecular flexibility index (Phi) is 5.75. The highest BCUT2D eigenvalue weighted by Crippen LogP contribution is 2.25. The van der Waals surface area contributed by atoms with Crippen LogP contribution in [0.5, 0.6) is 0 Å². The number of halogens is 3. The highest BCUT2D eigenvalue weighted by molar-refractivity contribution is 9.10. The van der Waals surface area contributed by atoms with Gasteiger partial charge >= 0.3 is 0 Å². The molecular weight excluding hydrogens is 434 g/mol. The van der Waals surface area contributed by atoms with Crippen molar-refractivity contribution in [2.75, 3.05) is 0 Å². The molecule has 0 bridgehead atoms. The molecule has 3 rings (SSSR count). The number of pyridine rings is 1. The van der Waals surface area contributed by atoms with Gasteiger partial charge in [-0.3, -0.25) is 4.79 Å². The van der Waals surface area contributed by atoms with Crippen LogP contribution in [0.3, 0.4) is 0 Å². The highest BCUT2D eigenvalue weighted by atomic mass is 79.9. The molecule has 1 aromatic carbocycles. The molecule has 1 amide bonds. The van der Waals surface area contributed by atoms with Crippen LogP contribution in [-0.2, 0) is 0 Å². The molecule has 0 aliphatic rings. The molecule has 0 radical (unpaired) electrons. The van der Waals surface area contributed by atoms with Crippen LogP contribution in [0.1, 0.15) is 46.7 Å². The average Bonchev–Trinajstić information content (AvgIpc) is 3.17. The Balaban J connectivity index is 1.82. The van der Waals surface area contributed by atoms with Crippen molar-refractivity contribution in [3.8, 4) is 11.9 Å². The fourth-order valence-electron chi connectivity index (χ4n) is 2.51. The van der Waals surface area contributed by atoms with E-state index in [9.17, 15) is 13.6 Å². The summed E-state index contributed by atoms with van der Waals surface area (Å²) in [4.78, 5) is 20.8. The number of alkyl halides is 2. The molecule has 28 heavy (non-hydrogen) atoms. The van der Waals surface area contributed by atoms with Crippen molar-refractivity contribution < 1.29 is 13.6 Å². The minimum atomic E-state index is -2.69. The van der Waals surface area contributed by atoms with Crippen LogP contribution in [0.15, 0.2) is 47.3 Å². The summed E-state index contributed by atoms with van der Waals surface area (Å²) in [6, 6.07) is 8.45. The molecule has 0 aliphatic heterocycles. The van der Waals surface area contributed by atoms with E-state index in [4.69, 9.17) is 5.26 Å². The van der Waals surface area contributed by atoms with E-state index in [0.717, 1.165) is 6.07 Å². The first kappa shape index (κ1) is 19.6. The van der Waals surface area contributed by atoms with E-state index in [1.807, 2.05) is 6.07 Å². The first-order valence-electron chi connectivity index (χ1n) is 8.05. The largest absolute Gasteiger partial charge is 0.342 e. The second-order valence-electron chi connectivity index (χ2n) is 5.82. The lowest BCUT2D eigenvalue weighted by molar-refractivity contribution is 0.0937. The fraction of sp³-hybridized carbons (Fsp3) is 0.167. The summed E-state index contributed by atoms with van der Waals surface area (Å²) in [5, 5.41) is 15.7. The van der Waals surface area contributed by atoms with Crippen LogP contribution in [-0.4, -0.2) is 25.7 Å². The molecule has 0 spiro atoms. The molecule has 0 saturated heterocycles. The first-order valence-corrected chi connectivity index (χ1v) is 8.84. The number of rotatable bonds is 5. The van der Waals surface area contributed by atoms with Crippen molar-refractivity contribution in [3.63, 3.8) is 0 Å². The zero-order valence-electron chi connectivity index (χ0n) is 14.5. The van der Waals surface area contributed by atoms with E-state index in [0.29, 0.717) is 21.7 Å². The normalized spacial score (nSPS) is 11.9. The van der Waals surface area contributed by atoms with E-state index in [1.54, 1.807) is 19.1 Å². The third kappa shape index (κ3) is 4.20. The van der Waals surface area contributed by atoms with Gasteiger partial charge in [0, 0.05) is 21.8 Å². The molecule has 1 atom stereocenters. The Bertz CT molecular complexity index is 1040. The summed E-state index contributed by atoms with van der Waals surface area (Å²) >= 11 is 3.14. The number of benzene rings is 1. The Morgan fingerprint density at radius 2 is 2.07 bits per heavy atom. The van der Waals surface area contributed by atoms with Gasteiger partial charge in [-0.15, -0.1) is 0 Å². The van der Waals surface area contributed by atoms with Gasteiger partial charge in [0.05, 0.1) is 11.6 Å². The van der Waals surface area contributed by atoms with Crippen molar-refractivity contribution in [2.24, 2.45) is 0 Å². The smallest absolute Gasteiger partial charge is 0.263 e. The molecular formula is C18H13BrF2N6O. The van der Waals surface area contributed by atoms with Gasteiger partial charge in [0.15, 0.2) is 11.6 Å². The molecule has 0 saturated carbocycles. The van der Waals surface area contributed by atoms with Crippen LogP contribution in [0.4, 0.5) is 8.78 Å². The zero-order valence-corrected chi connectivity index (χ0v) is 16.1. The van der Waals surface area contributed by atoms with Gasteiger partial charge in [0.1, 0.15) is 12.4 Å². The molecule has 10 heteroatoms. The molecule has 3 aromatic rings. The van der Waals surface area contributed by atoms with Crippen LogP contribution in [0.25, 0.3) is 5.82 Å². The third-order valence-corrected chi connectivity index (χ3v) is 4.30. The second kappa shape index (κ2) is 8.22. The predicted molar refractivity (Wildman–Crippen MR) is 98.8 cm³/mol. The van der Waals surface area contributed by atoms with Gasteiger partial charge in [-0.2, -0.15) is 15.0 Å². The van der Waals surface area contributed by atoms with E-state index in [-0.39, 0.29) is 11.1 Å². The van der Waals surface area contributed by atoms with E-state index in [1.165, 1.54) is 29.3 Å². The lowest BCUT2D eigenvalue weighted by atomic mass is 10.1. The quantitative estimate of drug-likeness (QED) is 0.643. The maximum atomic E-state index is 13.0. The number of carbonyl (C=O) groups is 1. The predicted octanol–water partition coefficient (Wildman–Crippen LogP) is 3.73. The van der Waals surface area contributed by atoms with Gasteiger partial charge in [0.25, 0.3) is 12.3 Å². The van der Waals surface area contributed by atoms with Crippen molar-refractivity contribution >= 4 is 21.8 Å². The summed E-state index contributed by atoms with van der Waals surface area (Å²) in [6.45, 7) is 1.69. The summed E-state index contributed by atoms with van der Waals surface area (Å²) in [5.41, 5.74) is 0.243. The maximum Gasteiger partial charge on any atom is 0.263 e. The van der Waals surface area contributed by atoms with Crippen molar-refractivity contribution in [1.29, 1.82) is 5.26 Å². The van der Waals surface area contributed by atoms with Crippen molar-refractivity contribution in [2.45, 2.75) is 19.4 Å². The summed E-state index contributed by atoms with van der Waals surface area (Å²) in [6.07, 6.45) is 0.0237. The van der Waals surface area contributed by atoms with Crippen molar-refractivity contribution in [1.82, 2.24) is 25.1 Å². The SMILES string of the molecule is C[C@H](NC(=O)c1cc(Br)cc(C(F)F)c1)c1ncnn1-c1ccc(C#N)cn1. The van der Waals surface area contributed by atoms with Crippen LogP contribution >= 0.6 is 15.9 Å². The molecule has 0 fully saturated rings.